The van der Waals surface area contributed by atoms with Gasteiger partial charge in [-0.05, 0) is 30.4 Å². The SMILES string of the molecule is CC(C)Cc1ccc(C(O)COC(C)C(F)(F)F)cc1. The minimum atomic E-state index is -4.40. The first-order chi connectivity index (χ1) is 9.20. The predicted octanol–water partition coefficient (Wildman–Crippen LogP) is 3.89. The van der Waals surface area contributed by atoms with Crippen molar-refractivity contribution in [2.24, 2.45) is 5.92 Å². The molecule has 0 spiro atoms. The lowest BCUT2D eigenvalue weighted by molar-refractivity contribution is -0.219. The van der Waals surface area contributed by atoms with E-state index in [0.717, 1.165) is 18.9 Å². The molecule has 0 amide bonds. The summed E-state index contributed by atoms with van der Waals surface area (Å²) >= 11 is 0. The normalized spacial score (nSPS) is 15.4. The average molecular weight is 290 g/mol. The molecule has 0 aliphatic heterocycles. The summed E-state index contributed by atoms with van der Waals surface area (Å²) in [5, 5.41) is 9.82. The number of rotatable bonds is 6. The summed E-state index contributed by atoms with van der Waals surface area (Å²) in [5.74, 6) is 0.529. The van der Waals surface area contributed by atoms with Gasteiger partial charge in [0.15, 0.2) is 6.10 Å². The molecule has 5 heteroatoms. The van der Waals surface area contributed by atoms with Gasteiger partial charge in [-0.15, -0.1) is 0 Å². The topological polar surface area (TPSA) is 29.5 Å². The van der Waals surface area contributed by atoms with E-state index in [1.807, 2.05) is 12.1 Å². The largest absolute Gasteiger partial charge is 0.414 e. The van der Waals surface area contributed by atoms with Crippen LogP contribution >= 0.6 is 0 Å². The third-order valence-electron chi connectivity index (χ3n) is 2.97. The Kier molecular flexibility index (Phi) is 6.02. The number of aliphatic hydroxyl groups is 1. The van der Waals surface area contributed by atoms with Crippen molar-refractivity contribution in [3.8, 4) is 0 Å². The van der Waals surface area contributed by atoms with Gasteiger partial charge in [0, 0.05) is 0 Å². The molecule has 0 heterocycles. The highest BCUT2D eigenvalue weighted by atomic mass is 19.4. The molecule has 0 aliphatic rings. The molecule has 1 aromatic carbocycles. The summed E-state index contributed by atoms with van der Waals surface area (Å²) < 4.78 is 41.5. The van der Waals surface area contributed by atoms with Gasteiger partial charge in [-0.1, -0.05) is 38.1 Å². The molecular formula is C15H21F3O2. The summed E-state index contributed by atoms with van der Waals surface area (Å²) in [5.41, 5.74) is 1.70. The molecule has 0 aromatic heterocycles. The molecule has 0 fully saturated rings. The van der Waals surface area contributed by atoms with Crippen molar-refractivity contribution in [2.45, 2.75) is 45.6 Å². The van der Waals surface area contributed by atoms with Crippen LogP contribution in [0.5, 0.6) is 0 Å². The van der Waals surface area contributed by atoms with E-state index in [2.05, 4.69) is 18.6 Å². The Labute approximate surface area is 117 Å². The van der Waals surface area contributed by atoms with Crippen molar-refractivity contribution in [1.82, 2.24) is 0 Å². The molecule has 114 valence electrons. The smallest absolute Gasteiger partial charge is 0.386 e. The van der Waals surface area contributed by atoms with E-state index in [-0.39, 0.29) is 6.61 Å². The second-order valence-corrected chi connectivity index (χ2v) is 5.37. The Morgan fingerprint density at radius 1 is 1.10 bits per heavy atom. The van der Waals surface area contributed by atoms with E-state index in [4.69, 9.17) is 0 Å². The van der Waals surface area contributed by atoms with Gasteiger partial charge in [-0.2, -0.15) is 13.2 Å². The lowest BCUT2D eigenvalue weighted by atomic mass is 10.0. The first-order valence-corrected chi connectivity index (χ1v) is 6.65. The Bertz CT molecular complexity index is 399. The van der Waals surface area contributed by atoms with Crippen LogP contribution in [0.2, 0.25) is 0 Å². The Morgan fingerprint density at radius 3 is 2.10 bits per heavy atom. The van der Waals surface area contributed by atoms with Gasteiger partial charge in [-0.25, -0.2) is 0 Å². The molecule has 2 unspecified atom stereocenters. The van der Waals surface area contributed by atoms with Crippen molar-refractivity contribution < 1.29 is 23.0 Å². The zero-order valence-electron chi connectivity index (χ0n) is 11.9. The van der Waals surface area contributed by atoms with E-state index >= 15 is 0 Å². The average Bonchev–Trinajstić information content (AvgIpc) is 2.34. The zero-order valence-corrected chi connectivity index (χ0v) is 11.9. The number of aliphatic hydroxyl groups excluding tert-OH is 1. The van der Waals surface area contributed by atoms with Gasteiger partial charge in [-0.3, -0.25) is 0 Å². The maximum atomic E-state index is 12.3. The molecule has 0 aliphatic carbocycles. The van der Waals surface area contributed by atoms with E-state index < -0.39 is 18.4 Å². The third kappa shape index (κ3) is 5.51. The van der Waals surface area contributed by atoms with Crippen molar-refractivity contribution in [1.29, 1.82) is 0 Å². The highest BCUT2D eigenvalue weighted by Gasteiger charge is 2.37. The van der Waals surface area contributed by atoms with Crippen molar-refractivity contribution in [3.63, 3.8) is 0 Å². The maximum Gasteiger partial charge on any atom is 0.414 e. The predicted molar refractivity (Wildman–Crippen MR) is 71.4 cm³/mol. The maximum absolute atomic E-state index is 12.3. The highest BCUT2D eigenvalue weighted by Crippen LogP contribution is 2.24. The van der Waals surface area contributed by atoms with Crippen LogP contribution in [0, 0.1) is 5.92 Å². The van der Waals surface area contributed by atoms with Crippen molar-refractivity contribution in [2.75, 3.05) is 6.61 Å². The molecule has 1 rings (SSSR count). The number of hydrogen-bond donors (Lipinski definition) is 1. The Hall–Kier alpha value is -1.07. The molecule has 0 saturated carbocycles. The summed E-state index contributed by atoms with van der Waals surface area (Å²) in [6.45, 7) is 4.77. The number of ether oxygens (including phenoxy) is 1. The van der Waals surface area contributed by atoms with E-state index in [1.54, 1.807) is 12.1 Å². The van der Waals surface area contributed by atoms with Crippen LogP contribution in [0.1, 0.15) is 38.0 Å². The van der Waals surface area contributed by atoms with Gasteiger partial charge in [0.1, 0.15) is 6.10 Å². The first kappa shape index (κ1) is 17.0. The second-order valence-electron chi connectivity index (χ2n) is 5.37. The van der Waals surface area contributed by atoms with Gasteiger partial charge in [0.2, 0.25) is 0 Å². The van der Waals surface area contributed by atoms with Crippen LogP contribution in [0.3, 0.4) is 0 Å². The lowest BCUT2D eigenvalue weighted by Gasteiger charge is -2.19. The highest BCUT2D eigenvalue weighted by molar-refractivity contribution is 5.24. The van der Waals surface area contributed by atoms with Gasteiger partial charge in [0.05, 0.1) is 6.61 Å². The number of benzene rings is 1. The minimum Gasteiger partial charge on any atom is -0.386 e. The van der Waals surface area contributed by atoms with Crippen LogP contribution in [-0.4, -0.2) is 24.0 Å². The number of halogens is 3. The standard InChI is InChI=1S/C15H21F3O2/c1-10(2)8-12-4-6-13(7-5-12)14(19)9-20-11(3)15(16,17)18/h4-7,10-11,14,19H,8-9H2,1-3H3. The lowest BCUT2D eigenvalue weighted by Crippen LogP contribution is -2.30. The fourth-order valence-corrected chi connectivity index (χ4v) is 1.77. The molecule has 0 saturated heterocycles. The molecular weight excluding hydrogens is 269 g/mol. The van der Waals surface area contributed by atoms with Crippen LogP contribution < -0.4 is 0 Å². The first-order valence-electron chi connectivity index (χ1n) is 6.65. The summed E-state index contributed by atoms with van der Waals surface area (Å²) in [6.07, 6.45) is -6.40. The third-order valence-corrected chi connectivity index (χ3v) is 2.97. The van der Waals surface area contributed by atoms with Gasteiger partial charge in [0.25, 0.3) is 0 Å². The fourth-order valence-electron chi connectivity index (χ4n) is 1.77. The van der Waals surface area contributed by atoms with E-state index in [1.165, 1.54) is 0 Å². The van der Waals surface area contributed by atoms with E-state index in [0.29, 0.717) is 11.5 Å². The van der Waals surface area contributed by atoms with Crippen LogP contribution in [0.4, 0.5) is 13.2 Å². The summed E-state index contributed by atoms with van der Waals surface area (Å²) in [6, 6.07) is 7.21. The fraction of sp³-hybridized carbons (Fsp3) is 0.600. The summed E-state index contributed by atoms with van der Waals surface area (Å²) in [4.78, 5) is 0. The van der Waals surface area contributed by atoms with Crippen molar-refractivity contribution >= 4 is 0 Å². The van der Waals surface area contributed by atoms with Crippen LogP contribution in [0.15, 0.2) is 24.3 Å². The molecule has 2 nitrogen and oxygen atoms in total. The van der Waals surface area contributed by atoms with E-state index in [9.17, 15) is 18.3 Å². The van der Waals surface area contributed by atoms with Crippen LogP contribution in [0.25, 0.3) is 0 Å². The van der Waals surface area contributed by atoms with Gasteiger partial charge >= 0.3 is 6.18 Å². The Balaban J connectivity index is 2.53. The molecule has 0 radical (unpaired) electrons. The molecule has 1 aromatic rings. The number of alkyl halides is 3. The monoisotopic (exact) mass is 290 g/mol. The Morgan fingerprint density at radius 2 is 1.65 bits per heavy atom. The zero-order chi connectivity index (χ0) is 15.3. The summed E-state index contributed by atoms with van der Waals surface area (Å²) in [7, 11) is 0. The van der Waals surface area contributed by atoms with Crippen molar-refractivity contribution in [3.05, 3.63) is 35.4 Å². The minimum absolute atomic E-state index is 0.371. The molecule has 2 atom stereocenters. The second kappa shape index (κ2) is 7.09. The van der Waals surface area contributed by atoms with Crippen LogP contribution in [-0.2, 0) is 11.2 Å². The molecule has 0 bridgehead atoms. The quantitative estimate of drug-likeness (QED) is 0.861. The molecule has 20 heavy (non-hydrogen) atoms. The molecule has 1 N–H and O–H groups in total. The van der Waals surface area contributed by atoms with Gasteiger partial charge < -0.3 is 9.84 Å². The number of hydrogen-bond acceptors (Lipinski definition) is 2.